The van der Waals surface area contributed by atoms with Crippen molar-refractivity contribution >= 4 is 17.9 Å². The van der Waals surface area contributed by atoms with Crippen molar-refractivity contribution in [2.45, 2.75) is 25.7 Å². The van der Waals surface area contributed by atoms with Gasteiger partial charge < -0.3 is 14.9 Å². The fourth-order valence-corrected chi connectivity index (χ4v) is 1.25. The van der Waals surface area contributed by atoms with Crippen molar-refractivity contribution in [3.63, 3.8) is 0 Å². The van der Waals surface area contributed by atoms with Gasteiger partial charge in [0.2, 0.25) is 0 Å². The molecule has 0 aliphatic carbocycles. The lowest BCUT2D eigenvalue weighted by Gasteiger charge is -2.11. The molecule has 6 heteroatoms. The molecule has 17 heavy (non-hydrogen) atoms. The van der Waals surface area contributed by atoms with E-state index in [0.717, 1.165) is 6.08 Å². The summed E-state index contributed by atoms with van der Waals surface area (Å²) in [7, 11) is 0. The third-order valence-corrected chi connectivity index (χ3v) is 2.17. The molecule has 2 N–H and O–H groups in total. The van der Waals surface area contributed by atoms with Crippen LogP contribution in [0.25, 0.3) is 0 Å². The SMILES string of the molecule is C=CC(=O)OCCC(CCCC(=O)O)C(=O)O. The average Bonchev–Trinajstić information content (AvgIpc) is 2.25. The minimum absolute atomic E-state index is 0.00507. The molecule has 96 valence electrons. The molecule has 0 aromatic heterocycles. The number of carboxylic acid groups (broad SMARTS) is 2. The topological polar surface area (TPSA) is 101 Å². The first-order valence-electron chi connectivity index (χ1n) is 5.21. The van der Waals surface area contributed by atoms with Gasteiger partial charge in [-0.05, 0) is 19.3 Å². The Balaban J connectivity index is 3.90. The molecule has 6 nitrogen and oxygen atoms in total. The molecule has 0 spiro atoms. The third kappa shape index (κ3) is 8.01. The van der Waals surface area contributed by atoms with E-state index in [-0.39, 0.29) is 25.9 Å². The zero-order valence-corrected chi connectivity index (χ0v) is 9.42. The molecule has 0 aliphatic heterocycles. The summed E-state index contributed by atoms with van der Waals surface area (Å²) in [4.78, 5) is 31.8. The van der Waals surface area contributed by atoms with Gasteiger partial charge >= 0.3 is 17.9 Å². The lowest BCUT2D eigenvalue weighted by Crippen LogP contribution is -2.17. The first-order valence-corrected chi connectivity index (χ1v) is 5.21. The molecule has 0 heterocycles. The van der Waals surface area contributed by atoms with Gasteiger partial charge in [0.1, 0.15) is 0 Å². The van der Waals surface area contributed by atoms with E-state index in [9.17, 15) is 14.4 Å². The molecular formula is C11H16O6. The zero-order chi connectivity index (χ0) is 13.3. The summed E-state index contributed by atoms with van der Waals surface area (Å²) in [6.07, 6.45) is 1.67. The van der Waals surface area contributed by atoms with Gasteiger partial charge in [-0.3, -0.25) is 9.59 Å². The number of carboxylic acids is 2. The van der Waals surface area contributed by atoms with Crippen LogP contribution in [-0.4, -0.2) is 34.7 Å². The quantitative estimate of drug-likeness (QED) is 0.464. The first-order chi connectivity index (χ1) is 7.97. The van der Waals surface area contributed by atoms with Crippen LogP contribution >= 0.6 is 0 Å². The number of hydrogen-bond acceptors (Lipinski definition) is 4. The van der Waals surface area contributed by atoms with Gasteiger partial charge in [0, 0.05) is 12.5 Å². The predicted molar refractivity (Wildman–Crippen MR) is 58.4 cm³/mol. The Hall–Kier alpha value is -1.85. The summed E-state index contributed by atoms with van der Waals surface area (Å²) in [5, 5.41) is 17.3. The van der Waals surface area contributed by atoms with Crippen LogP contribution in [0.15, 0.2) is 12.7 Å². The van der Waals surface area contributed by atoms with Crippen LogP contribution in [-0.2, 0) is 19.1 Å². The molecule has 0 aromatic carbocycles. The molecule has 0 amide bonds. The largest absolute Gasteiger partial charge is 0.481 e. The van der Waals surface area contributed by atoms with Crippen molar-refractivity contribution in [3.05, 3.63) is 12.7 Å². The standard InChI is InChI=1S/C11H16O6/c1-2-10(14)17-7-6-8(11(15)16)4-3-5-9(12)13/h2,8H,1,3-7H2,(H,12,13)(H,15,16). The van der Waals surface area contributed by atoms with Crippen molar-refractivity contribution in [2.24, 2.45) is 5.92 Å². The molecule has 0 saturated heterocycles. The van der Waals surface area contributed by atoms with E-state index >= 15 is 0 Å². The van der Waals surface area contributed by atoms with Gasteiger partial charge in [0.15, 0.2) is 0 Å². The summed E-state index contributed by atoms with van der Waals surface area (Å²) in [5.74, 6) is -3.25. The summed E-state index contributed by atoms with van der Waals surface area (Å²) >= 11 is 0. The number of rotatable bonds is 9. The number of esters is 1. The minimum atomic E-state index is -1.01. The maximum absolute atomic E-state index is 10.8. The van der Waals surface area contributed by atoms with E-state index < -0.39 is 23.8 Å². The molecule has 0 aromatic rings. The Morgan fingerprint density at radius 1 is 1.24 bits per heavy atom. The fraction of sp³-hybridized carbons (Fsp3) is 0.545. The number of carbonyl (C=O) groups excluding carboxylic acids is 1. The molecule has 0 radical (unpaired) electrons. The number of aliphatic carboxylic acids is 2. The number of hydrogen-bond donors (Lipinski definition) is 2. The van der Waals surface area contributed by atoms with Crippen molar-refractivity contribution in [2.75, 3.05) is 6.61 Å². The van der Waals surface area contributed by atoms with Crippen molar-refractivity contribution in [3.8, 4) is 0 Å². The van der Waals surface area contributed by atoms with Crippen molar-refractivity contribution in [1.82, 2.24) is 0 Å². The lowest BCUT2D eigenvalue weighted by atomic mass is 9.99. The maximum atomic E-state index is 10.8. The highest BCUT2D eigenvalue weighted by atomic mass is 16.5. The zero-order valence-electron chi connectivity index (χ0n) is 9.42. The van der Waals surface area contributed by atoms with Crippen LogP contribution in [0, 0.1) is 5.92 Å². The lowest BCUT2D eigenvalue weighted by molar-refractivity contribution is -0.145. The van der Waals surface area contributed by atoms with Gasteiger partial charge in [0.25, 0.3) is 0 Å². The Kier molecular flexibility index (Phi) is 7.41. The number of carbonyl (C=O) groups is 3. The van der Waals surface area contributed by atoms with E-state index in [2.05, 4.69) is 11.3 Å². The van der Waals surface area contributed by atoms with E-state index in [4.69, 9.17) is 10.2 Å². The molecule has 0 fully saturated rings. The molecule has 1 unspecified atom stereocenters. The average molecular weight is 244 g/mol. The Labute approximate surface area is 98.9 Å². The highest BCUT2D eigenvalue weighted by Gasteiger charge is 2.17. The molecule has 1 atom stereocenters. The Bertz CT molecular complexity index is 296. The summed E-state index contributed by atoms with van der Waals surface area (Å²) < 4.78 is 4.66. The monoisotopic (exact) mass is 244 g/mol. The predicted octanol–water partition coefficient (Wildman–Crippen LogP) is 1.06. The molecular weight excluding hydrogens is 228 g/mol. The van der Waals surface area contributed by atoms with E-state index in [1.54, 1.807) is 0 Å². The van der Waals surface area contributed by atoms with Crippen LogP contribution < -0.4 is 0 Å². The van der Waals surface area contributed by atoms with Gasteiger partial charge in [-0.25, -0.2) is 4.79 Å². The van der Waals surface area contributed by atoms with E-state index in [1.807, 2.05) is 0 Å². The van der Waals surface area contributed by atoms with Crippen LogP contribution in [0.4, 0.5) is 0 Å². The highest BCUT2D eigenvalue weighted by Crippen LogP contribution is 2.13. The van der Waals surface area contributed by atoms with Gasteiger partial charge in [-0.2, -0.15) is 0 Å². The van der Waals surface area contributed by atoms with Crippen molar-refractivity contribution in [1.29, 1.82) is 0 Å². The fourth-order valence-electron chi connectivity index (χ4n) is 1.25. The van der Waals surface area contributed by atoms with Crippen LogP contribution in [0.5, 0.6) is 0 Å². The Morgan fingerprint density at radius 3 is 2.35 bits per heavy atom. The van der Waals surface area contributed by atoms with Crippen LogP contribution in [0.3, 0.4) is 0 Å². The maximum Gasteiger partial charge on any atom is 0.330 e. The van der Waals surface area contributed by atoms with Crippen LogP contribution in [0.1, 0.15) is 25.7 Å². The van der Waals surface area contributed by atoms with Gasteiger partial charge in [-0.1, -0.05) is 6.58 Å². The normalized spacial score (nSPS) is 11.5. The van der Waals surface area contributed by atoms with Gasteiger partial charge in [-0.15, -0.1) is 0 Å². The molecule has 0 bridgehead atoms. The van der Waals surface area contributed by atoms with Gasteiger partial charge in [0.05, 0.1) is 12.5 Å². The second kappa shape index (κ2) is 8.32. The smallest absolute Gasteiger partial charge is 0.330 e. The highest BCUT2D eigenvalue weighted by molar-refractivity contribution is 5.81. The van der Waals surface area contributed by atoms with Crippen molar-refractivity contribution < 1.29 is 29.3 Å². The summed E-state index contributed by atoms with van der Waals surface area (Å²) in [6.45, 7) is 3.20. The molecule has 0 aliphatic rings. The third-order valence-electron chi connectivity index (χ3n) is 2.17. The number of ether oxygens (including phenoxy) is 1. The summed E-state index contributed by atoms with van der Waals surface area (Å²) in [6, 6.07) is 0. The van der Waals surface area contributed by atoms with Crippen LogP contribution in [0.2, 0.25) is 0 Å². The van der Waals surface area contributed by atoms with E-state index in [1.165, 1.54) is 0 Å². The minimum Gasteiger partial charge on any atom is -0.481 e. The molecule has 0 rings (SSSR count). The first kappa shape index (κ1) is 15.2. The summed E-state index contributed by atoms with van der Waals surface area (Å²) in [5.41, 5.74) is 0. The second-order valence-corrected chi connectivity index (χ2v) is 3.48. The second-order valence-electron chi connectivity index (χ2n) is 3.48. The Morgan fingerprint density at radius 2 is 1.88 bits per heavy atom. The molecule has 0 saturated carbocycles. The van der Waals surface area contributed by atoms with E-state index in [0.29, 0.717) is 6.42 Å².